The number of carbonyl (C=O) groups excluding carboxylic acids is 1. The van der Waals surface area contributed by atoms with Crippen molar-refractivity contribution in [2.75, 3.05) is 13.2 Å². The second kappa shape index (κ2) is 8.93. The monoisotopic (exact) mass is 412 g/mol. The molecule has 0 saturated heterocycles. The number of nitrogens with zero attached hydrogens (tertiary/aromatic N) is 2. The van der Waals surface area contributed by atoms with E-state index in [0.29, 0.717) is 31.9 Å². The first-order chi connectivity index (χ1) is 14.2. The number of hydrogen-bond donors (Lipinski definition) is 2. The van der Waals surface area contributed by atoms with Crippen LogP contribution in [0.2, 0.25) is 0 Å². The van der Waals surface area contributed by atoms with E-state index in [-0.39, 0.29) is 5.82 Å². The molecule has 0 aliphatic carbocycles. The first-order valence-electron chi connectivity index (χ1n) is 10.1. The number of aromatic nitrogens is 2. The number of imidazole rings is 1. The highest BCUT2D eigenvalue weighted by atomic mass is 19.1. The Morgan fingerprint density at radius 2 is 2.03 bits per heavy atom. The van der Waals surface area contributed by atoms with E-state index in [2.05, 4.69) is 5.32 Å². The number of fused-ring (bicyclic) bond motifs is 1. The standard InChI is InChI=1S/C23H29FN4O2/c1-5-30-11-10-28-20-13-16(17-8-6-15(2)12-18(17)24)7-9-19(20)27-21(28)14-26-23(3,4)22(25)29/h6-9,12-13,26H,5,10-11,14H2,1-4H3,(H2,25,29). The zero-order valence-electron chi connectivity index (χ0n) is 18.0. The van der Waals surface area contributed by atoms with Gasteiger partial charge in [0.05, 0.1) is 29.7 Å². The maximum absolute atomic E-state index is 14.5. The third-order valence-corrected chi connectivity index (χ3v) is 5.23. The van der Waals surface area contributed by atoms with Crippen LogP contribution in [0.1, 0.15) is 32.2 Å². The van der Waals surface area contributed by atoms with Crippen LogP contribution in [-0.2, 0) is 22.6 Å². The molecule has 7 heteroatoms. The number of carbonyl (C=O) groups is 1. The van der Waals surface area contributed by atoms with Gasteiger partial charge in [0.15, 0.2) is 0 Å². The zero-order chi connectivity index (χ0) is 21.9. The number of nitrogens with two attached hydrogens (primary N) is 1. The summed E-state index contributed by atoms with van der Waals surface area (Å²) in [6.07, 6.45) is 0. The van der Waals surface area contributed by atoms with Gasteiger partial charge in [-0.2, -0.15) is 0 Å². The average molecular weight is 413 g/mol. The van der Waals surface area contributed by atoms with Crippen LogP contribution >= 0.6 is 0 Å². The van der Waals surface area contributed by atoms with Crippen molar-refractivity contribution >= 4 is 16.9 Å². The van der Waals surface area contributed by atoms with Gasteiger partial charge in [-0.25, -0.2) is 9.37 Å². The maximum Gasteiger partial charge on any atom is 0.237 e. The summed E-state index contributed by atoms with van der Waals surface area (Å²) in [6.45, 7) is 9.39. The predicted molar refractivity (Wildman–Crippen MR) is 116 cm³/mol. The molecular formula is C23H29FN4O2. The molecular weight excluding hydrogens is 383 g/mol. The molecule has 3 aromatic rings. The van der Waals surface area contributed by atoms with Crippen LogP contribution in [0.3, 0.4) is 0 Å². The largest absolute Gasteiger partial charge is 0.380 e. The summed E-state index contributed by atoms with van der Waals surface area (Å²) in [5, 5.41) is 3.17. The minimum absolute atomic E-state index is 0.250. The Bertz CT molecular complexity index is 1060. The normalized spacial score (nSPS) is 11.9. The molecule has 30 heavy (non-hydrogen) atoms. The Morgan fingerprint density at radius 1 is 1.27 bits per heavy atom. The van der Waals surface area contributed by atoms with Gasteiger partial charge in [-0.1, -0.05) is 18.2 Å². The van der Waals surface area contributed by atoms with Crippen LogP contribution in [0.15, 0.2) is 36.4 Å². The number of primary amides is 1. The average Bonchev–Trinajstić information content (AvgIpc) is 3.03. The SMILES string of the molecule is CCOCCn1c(CNC(C)(C)C(N)=O)nc2ccc(-c3ccc(C)cc3F)cc21. The molecule has 0 unspecified atom stereocenters. The van der Waals surface area contributed by atoms with E-state index < -0.39 is 11.4 Å². The van der Waals surface area contributed by atoms with Crippen molar-refractivity contribution in [3.05, 3.63) is 53.6 Å². The van der Waals surface area contributed by atoms with Gasteiger partial charge in [0.2, 0.25) is 5.91 Å². The number of benzene rings is 2. The summed E-state index contributed by atoms with van der Waals surface area (Å²) < 4.78 is 22.1. The Kier molecular flexibility index (Phi) is 6.53. The quantitative estimate of drug-likeness (QED) is 0.527. The lowest BCUT2D eigenvalue weighted by Crippen LogP contribution is -2.50. The topological polar surface area (TPSA) is 82.2 Å². The molecule has 0 aliphatic heterocycles. The van der Waals surface area contributed by atoms with Crippen LogP contribution in [0.25, 0.3) is 22.2 Å². The lowest BCUT2D eigenvalue weighted by molar-refractivity contribution is -0.123. The van der Waals surface area contributed by atoms with Crippen LogP contribution in [0, 0.1) is 12.7 Å². The molecule has 1 amide bonds. The number of amides is 1. The number of halogens is 1. The van der Waals surface area contributed by atoms with Crippen molar-refractivity contribution < 1.29 is 13.9 Å². The van der Waals surface area contributed by atoms with Gasteiger partial charge >= 0.3 is 0 Å². The van der Waals surface area contributed by atoms with Gasteiger partial charge in [0, 0.05) is 18.7 Å². The minimum atomic E-state index is -0.862. The van der Waals surface area contributed by atoms with Gasteiger partial charge < -0.3 is 15.0 Å². The Balaban J connectivity index is 2.01. The number of aryl methyl sites for hydroxylation is 1. The molecule has 160 valence electrons. The smallest absolute Gasteiger partial charge is 0.237 e. The predicted octanol–water partition coefficient (Wildman–Crippen LogP) is 3.54. The fraction of sp³-hybridized carbons (Fsp3) is 0.391. The van der Waals surface area contributed by atoms with E-state index >= 15 is 0 Å². The van der Waals surface area contributed by atoms with Crippen molar-refractivity contribution in [2.45, 2.75) is 46.3 Å². The molecule has 0 aliphatic rings. The summed E-state index contributed by atoms with van der Waals surface area (Å²) in [5.74, 6) is 0.0806. The molecule has 2 aromatic carbocycles. The first-order valence-corrected chi connectivity index (χ1v) is 10.1. The van der Waals surface area contributed by atoms with Crippen LogP contribution in [0.5, 0.6) is 0 Å². The van der Waals surface area contributed by atoms with E-state index in [4.69, 9.17) is 15.5 Å². The summed E-state index contributed by atoms with van der Waals surface area (Å²) in [6, 6.07) is 10.9. The zero-order valence-corrected chi connectivity index (χ0v) is 18.0. The van der Waals surface area contributed by atoms with Crippen LogP contribution < -0.4 is 11.1 Å². The van der Waals surface area contributed by atoms with Crippen molar-refractivity contribution in [1.82, 2.24) is 14.9 Å². The van der Waals surface area contributed by atoms with Crippen LogP contribution in [-0.4, -0.2) is 34.2 Å². The minimum Gasteiger partial charge on any atom is -0.380 e. The van der Waals surface area contributed by atoms with E-state index in [1.807, 2.05) is 42.7 Å². The fourth-order valence-electron chi connectivity index (χ4n) is 3.27. The van der Waals surface area contributed by atoms with Crippen molar-refractivity contribution in [3.63, 3.8) is 0 Å². The van der Waals surface area contributed by atoms with Gasteiger partial charge in [0.1, 0.15) is 11.6 Å². The molecule has 0 radical (unpaired) electrons. The summed E-state index contributed by atoms with van der Waals surface area (Å²) in [7, 11) is 0. The highest BCUT2D eigenvalue weighted by Gasteiger charge is 2.25. The van der Waals surface area contributed by atoms with Crippen molar-refractivity contribution in [1.29, 1.82) is 0 Å². The summed E-state index contributed by atoms with van der Waals surface area (Å²) >= 11 is 0. The van der Waals surface area contributed by atoms with E-state index in [1.54, 1.807) is 19.9 Å². The maximum atomic E-state index is 14.5. The molecule has 1 heterocycles. The molecule has 0 fully saturated rings. The molecule has 0 bridgehead atoms. The molecule has 0 atom stereocenters. The van der Waals surface area contributed by atoms with Crippen LogP contribution in [0.4, 0.5) is 4.39 Å². The first kappa shape index (κ1) is 21.9. The van der Waals surface area contributed by atoms with Gasteiger partial charge in [0.25, 0.3) is 0 Å². The van der Waals surface area contributed by atoms with Gasteiger partial charge in [-0.15, -0.1) is 0 Å². The summed E-state index contributed by atoms with van der Waals surface area (Å²) in [5.41, 5.74) is 8.52. The van der Waals surface area contributed by atoms with E-state index in [1.165, 1.54) is 6.07 Å². The van der Waals surface area contributed by atoms with Gasteiger partial charge in [-0.3, -0.25) is 10.1 Å². The third kappa shape index (κ3) is 4.68. The Morgan fingerprint density at radius 3 is 2.70 bits per heavy atom. The number of hydrogen-bond acceptors (Lipinski definition) is 4. The third-order valence-electron chi connectivity index (χ3n) is 5.23. The molecule has 3 rings (SSSR count). The molecule has 6 nitrogen and oxygen atoms in total. The lowest BCUT2D eigenvalue weighted by atomic mass is 10.0. The van der Waals surface area contributed by atoms with E-state index in [0.717, 1.165) is 28.0 Å². The highest BCUT2D eigenvalue weighted by molar-refractivity contribution is 5.84. The number of nitrogens with one attached hydrogen (secondary N) is 1. The number of ether oxygens (including phenoxy) is 1. The lowest BCUT2D eigenvalue weighted by Gasteiger charge is -2.22. The highest BCUT2D eigenvalue weighted by Crippen LogP contribution is 2.28. The number of rotatable bonds is 9. The van der Waals surface area contributed by atoms with Gasteiger partial charge in [-0.05, 0) is 57.0 Å². The summed E-state index contributed by atoms with van der Waals surface area (Å²) in [4.78, 5) is 16.4. The fourth-order valence-corrected chi connectivity index (χ4v) is 3.27. The van der Waals surface area contributed by atoms with Crippen molar-refractivity contribution in [2.24, 2.45) is 5.73 Å². The molecule has 1 aromatic heterocycles. The molecule has 0 saturated carbocycles. The molecule has 3 N–H and O–H groups in total. The van der Waals surface area contributed by atoms with Crippen molar-refractivity contribution in [3.8, 4) is 11.1 Å². The Labute approximate surface area is 176 Å². The molecule has 0 spiro atoms. The second-order valence-corrected chi connectivity index (χ2v) is 7.91. The second-order valence-electron chi connectivity index (χ2n) is 7.91. The van der Waals surface area contributed by atoms with E-state index in [9.17, 15) is 9.18 Å². The Hall–Kier alpha value is -2.77.